The first kappa shape index (κ1) is 19.4. The second-order valence-corrected chi connectivity index (χ2v) is 7.56. The van der Waals surface area contributed by atoms with E-state index in [0.717, 1.165) is 30.0 Å². The highest BCUT2D eigenvalue weighted by molar-refractivity contribution is 5.97. The summed E-state index contributed by atoms with van der Waals surface area (Å²) in [5, 5.41) is 0. The number of ether oxygens (including phenoxy) is 1. The van der Waals surface area contributed by atoms with Crippen LogP contribution >= 0.6 is 0 Å². The number of carbonyl (C=O) groups is 2. The molecule has 1 atom stereocenters. The van der Waals surface area contributed by atoms with E-state index in [9.17, 15) is 9.59 Å². The molecule has 2 amide bonds. The number of para-hydroxylation sites is 1. The molecule has 1 saturated heterocycles. The Bertz CT molecular complexity index is 930. The maximum absolute atomic E-state index is 13.0. The van der Waals surface area contributed by atoms with Gasteiger partial charge >= 0.3 is 0 Å². The summed E-state index contributed by atoms with van der Waals surface area (Å²) in [6.07, 6.45) is 3.45. The minimum absolute atomic E-state index is 0.0309. The molecule has 1 aromatic carbocycles. The molecule has 4 rings (SSSR count). The van der Waals surface area contributed by atoms with E-state index in [1.54, 1.807) is 6.92 Å². The average molecular weight is 394 g/mol. The summed E-state index contributed by atoms with van der Waals surface area (Å²) in [6.45, 7) is 6.60. The Balaban J connectivity index is 1.48. The molecule has 7 heteroatoms. The number of fused-ring (bicyclic) bond motifs is 1. The zero-order valence-electron chi connectivity index (χ0n) is 16.9. The number of likely N-dealkylation sites (tertiary alicyclic amines) is 1. The average Bonchev–Trinajstić information content (AvgIpc) is 3.24. The van der Waals surface area contributed by atoms with Crippen molar-refractivity contribution in [2.75, 3.05) is 26.2 Å². The van der Waals surface area contributed by atoms with Gasteiger partial charge in [0.25, 0.3) is 5.91 Å². The van der Waals surface area contributed by atoms with Crippen molar-refractivity contribution in [3.63, 3.8) is 0 Å². The van der Waals surface area contributed by atoms with Crippen molar-refractivity contribution in [1.82, 2.24) is 19.8 Å². The van der Waals surface area contributed by atoms with Gasteiger partial charge < -0.3 is 14.5 Å². The highest BCUT2D eigenvalue weighted by atomic mass is 16.5. The predicted molar refractivity (Wildman–Crippen MR) is 108 cm³/mol. The molecule has 0 spiro atoms. The quantitative estimate of drug-likeness (QED) is 0.796. The van der Waals surface area contributed by atoms with Crippen LogP contribution in [0.2, 0.25) is 0 Å². The Labute approximate surface area is 170 Å². The van der Waals surface area contributed by atoms with Gasteiger partial charge in [-0.05, 0) is 25.5 Å². The maximum Gasteiger partial charge on any atom is 0.257 e. The molecule has 152 valence electrons. The van der Waals surface area contributed by atoms with Gasteiger partial charge in [0, 0.05) is 57.2 Å². The number of benzene rings is 1. The molecule has 2 aliphatic rings. The molecule has 2 aliphatic heterocycles. The van der Waals surface area contributed by atoms with Crippen LogP contribution in [-0.2, 0) is 17.8 Å². The number of amides is 2. The molecular weight excluding hydrogens is 368 g/mol. The van der Waals surface area contributed by atoms with Crippen molar-refractivity contribution in [2.24, 2.45) is 0 Å². The lowest BCUT2D eigenvalue weighted by Crippen LogP contribution is -2.37. The SMILES string of the molecule is CCOc1ccccc1C(=O)N1CCc2nc([C@H]3CCN(C(C)=O)C3)ncc2C1. The lowest BCUT2D eigenvalue weighted by molar-refractivity contribution is -0.127. The van der Waals surface area contributed by atoms with Gasteiger partial charge in [-0.3, -0.25) is 9.59 Å². The summed E-state index contributed by atoms with van der Waals surface area (Å²) in [5.74, 6) is 1.70. The molecule has 1 aromatic heterocycles. The van der Waals surface area contributed by atoms with Gasteiger partial charge in [0.2, 0.25) is 5.91 Å². The van der Waals surface area contributed by atoms with Gasteiger partial charge in [-0.15, -0.1) is 0 Å². The van der Waals surface area contributed by atoms with Crippen molar-refractivity contribution in [3.05, 3.63) is 53.1 Å². The number of aromatic nitrogens is 2. The summed E-state index contributed by atoms with van der Waals surface area (Å²) >= 11 is 0. The molecule has 7 nitrogen and oxygen atoms in total. The van der Waals surface area contributed by atoms with Gasteiger partial charge in [-0.1, -0.05) is 12.1 Å². The maximum atomic E-state index is 13.0. The first-order valence-corrected chi connectivity index (χ1v) is 10.2. The third kappa shape index (κ3) is 3.95. The van der Waals surface area contributed by atoms with E-state index in [-0.39, 0.29) is 17.7 Å². The fourth-order valence-electron chi connectivity index (χ4n) is 4.05. The Morgan fingerprint density at radius 3 is 2.79 bits per heavy atom. The van der Waals surface area contributed by atoms with Crippen LogP contribution in [0.1, 0.15) is 53.6 Å². The van der Waals surface area contributed by atoms with Crippen LogP contribution < -0.4 is 4.74 Å². The van der Waals surface area contributed by atoms with E-state index in [1.807, 2.05) is 47.2 Å². The van der Waals surface area contributed by atoms with Gasteiger partial charge in [0.1, 0.15) is 11.6 Å². The summed E-state index contributed by atoms with van der Waals surface area (Å²) in [4.78, 5) is 37.7. The second kappa shape index (κ2) is 8.19. The minimum atomic E-state index is -0.0309. The first-order chi connectivity index (χ1) is 14.1. The zero-order chi connectivity index (χ0) is 20.4. The van der Waals surface area contributed by atoms with E-state index in [1.165, 1.54) is 0 Å². The smallest absolute Gasteiger partial charge is 0.257 e. The monoisotopic (exact) mass is 394 g/mol. The van der Waals surface area contributed by atoms with Crippen LogP contribution in [0.3, 0.4) is 0 Å². The number of hydrogen-bond acceptors (Lipinski definition) is 5. The molecule has 0 radical (unpaired) electrons. The van der Waals surface area contributed by atoms with Crippen LogP contribution in [0.5, 0.6) is 5.75 Å². The van der Waals surface area contributed by atoms with Crippen LogP contribution in [-0.4, -0.2) is 57.8 Å². The highest BCUT2D eigenvalue weighted by Gasteiger charge is 2.30. The van der Waals surface area contributed by atoms with E-state index in [4.69, 9.17) is 9.72 Å². The normalized spacial score (nSPS) is 18.5. The summed E-state index contributed by atoms with van der Waals surface area (Å²) in [7, 11) is 0. The molecule has 2 aromatic rings. The Morgan fingerprint density at radius 1 is 1.21 bits per heavy atom. The van der Waals surface area contributed by atoms with Crippen LogP contribution in [0.25, 0.3) is 0 Å². The highest BCUT2D eigenvalue weighted by Crippen LogP contribution is 2.28. The Hall–Kier alpha value is -2.96. The summed E-state index contributed by atoms with van der Waals surface area (Å²) in [5.41, 5.74) is 2.59. The zero-order valence-corrected chi connectivity index (χ0v) is 16.9. The number of rotatable bonds is 4. The van der Waals surface area contributed by atoms with Gasteiger partial charge in [-0.2, -0.15) is 0 Å². The van der Waals surface area contributed by atoms with Crippen molar-refractivity contribution in [1.29, 1.82) is 0 Å². The molecule has 0 N–H and O–H groups in total. The third-order valence-corrected chi connectivity index (χ3v) is 5.66. The standard InChI is InChI=1S/C22H26N4O3/c1-3-29-20-7-5-4-6-18(20)22(28)26-11-9-19-17(14-26)12-23-21(24-19)16-8-10-25(13-16)15(2)27/h4-7,12,16H,3,8-11,13-14H2,1-2H3/t16-/m0/s1. The molecular formula is C22H26N4O3. The van der Waals surface area contributed by atoms with Crippen molar-refractivity contribution in [3.8, 4) is 5.75 Å². The van der Waals surface area contributed by atoms with Crippen molar-refractivity contribution >= 4 is 11.8 Å². The predicted octanol–water partition coefficient (Wildman–Crippen LogP) is 2.41. The van der Waals surface area contributed by atoms with E-state index < -0.39 is 0 Å². The lowest BCUT2D eigenvalue weighted by Gasteiger charge is -2.29. The van der Waals surface area contributed by atoms with E-state index in [2.05, 4.69) is 4.98 Å². The number of hydrogen-bond donors (Lipinski definition) is 0. The summed E-state index contributed by atoms with van der Waals surface area (Å²) in [6, 6.07) is 7.37. The molecule has 3 heterocycles. The lowest BCUT2D eigenvalue weighted by atomic mass is 10.0. The van der Waals surface area contributed by atoms with Crippen molar-refractivity contribution in [2.45, 2.75) is 39.2 Å². The molecule has 0 bridgehead atoms. The van der Waals surface area contributed by atoms with Gasteiger partial charge in [0.15, 0.2) is 0 Å². The van der Waals surface area contributed by atoms with Crippen LogP contribution in [0.4, 0.5) is 0 Å². The fraction of sp³-hybridized carbons (Fsp3) is 0.455. The molecule has 0 unspecified atom stereocenters. The molecule has 1 fully saturated rings. The van der Waals surface area contributed by atoms with E-state index in [0.29, 0.717) is 44.0 Å². The van der Waals surface area contributed by atoms with E-state index >= 15 is 0 Å². The molecule has 29 heavy (non-hydrogen) atoms. The topological polar surface area (TPSA) is 75.6 Å². The second-order valence-electron chi connectivity index (χ2n) is 7.56. The fourth-order valence-corrected chi connectivity index (χ4v) is 4.05. The van der Waals surface area contributed by atoms with Gasteiger partial charge in [0.05, 0.1) is 17.9 Å². The Kier molecular flexibility index (Phi) is 5.47. The summed E-state index contributed by atoms with van der Waals surface area (Å²) < 4.78 is 5.62. The first-order valence-electron chi connectivity index (χ1n) is 10.2. The third-order valence-electron chi connectivity index (χ3n) is 5.66. The van der Waals surface area contributed by atoms with Gasteiger partial charge in [-0.25, -0.2) is 9.97 Å². The number of carbonyl (C=O) groups excluding carboxylic acids is 2. The Morgan fingerprint density at radius 2 is 2.03 bits per heavy atom. The molecule has 0 saturated carbocycles. The minimum Gasteiger partial charge on any atom is -0.493 e. The number of nitrogens with zero attached hydrogens (tertiary/aromatic N) is 4. The van der Waals surface area contributed by atoms with Crippen LogP contribution in [0.15, 0.2) is 30.5 Å². The largest absolute Gasteiger partial charge is 0.493 e. The molecule has 0 aliphatic carbocycles. The van der Waals surface area contributed by atoms with Crippen LogP contribution in [0, 0.1) is 0 Å². The van der Waals surface area contributed by atoms with Crippen molar-refractivity contribution < 1.29 is 14.3 Å².